The second kappa shape index (κ2) is 8.38. The van der Waals surface area contributed by atoms with E-state index in [-0.39, 0.29) is 13.0 Å². The van der Waals surface area contributed by atoms with Crippen molar-refractivity contribution in [1.82, 2.24) is 4.90 Å². The van der Waals surface area contributed by atoms with Gasteiger partial charge in [-0.05, 0) is 47.1 Å². The van der Waals surface area contributed by atoms with Crippen molar-refractivity contribution in [2.45, 2.75) is 65.2 Å². The van der Waals surface area contributed by atoms with Crippen molar-refractivity contribution < 1.29 is 23.9 Å². The Morgan fingerprint density at radius 3 is 1.87 bits per heavy atom. The molecule has 0 aromatic rings. The van der Waals surface area contributed by atoms with Crippen molar-refractivity contribution in [3.8, 4) is 0 Å². The first-order valence-electron chi connectivity index (χ1n) is 7.11. The zero-order valence-corrected chi connectivity index (χ0v) is 14.4. The summed E-state index contributed by atoms with van der Waals surface area (Å²) in [7, 11) is 0. The first-order chi connectivity index (χ1) is 10.4. The van der Waals surface area contributed by atoms with E-state index in [9.17, 15) is 14.4 Å². The lowest BCUT2D eigenvalue weighted by Gasteiger charge is -2.32. The molecule has 0 N–H and O–H groups in total. The Morgan fingerprint density at radius 1 is 1.13 bits per heavy atom. The first-order valence-corrected chi connectivity index (χ1v) is 7.11. The largest absolute Gasteiger partial charge is 0.443 e. The third kappa shape index (κ3) is 8.67. The van der Waals surface area contributed by atoms with Gasteiger partial charge in [-0.2, -0.15) is 0 Å². The lowest BCUT2D eigenvalue weighted by atomic mass is 10.2. The van der Waals surface area contributed by atoms with E-state index >= 15 is 0 Å². The van der Waals surface area contributed by atoms with Crippen LogP contribution in [0.25, 0.3) is 10.4 Å². The van der Waals surface area contributed by atoms with Crippen LogP contribution in [0.2, 0.25) is 0 Å². The zero-order valence-electron chi connectivity index (χ0n) is 14.4. The van der Waals surface area contributed by atoms with Crippen molar-refractivity contribution in [2.24, 2.45) is 5.11 Å². The van der Waals surface area contributed by atoms with E-state index in [4.69, 9.17) is 15.0 Å². The van der Waals surface area contributed by atoms with Crippen molar-refractivity contribution in [3.05, 3.63) is 10.4 Å². The van der Waals surface area contributed by atoms with E-state index in [2.05, 4.69) is 10.0 Å². The van der Waals surface area contributed by atoms with E-state index in [1.165, 1.54) is 0 Å². The van der Waals surface area contributed by atoms with Gasteiger partial charge in [-0.3, -0.25) is 0 Å². The number of imide groups is 1. The van der Waals surface area contributed by atoms with E-state index < -0.39 is 29.4 Å². The molecule has 130 valence electrons. The molecule has 0 aliphatic carbocycles. The number of amides is 2. The van der Waals surface area contributed by atoms with Crippen LogP contribution < -0.4 is 0 Å². The maximum Gasteiger partial charge on any atom is 0.420 e. The molecule has 0 bridgehead atoms. The van der Waals surface area contributed by atoms with Gasteiger partial charge in [0.05, 0.1) is 6.04 Å². The Morgan fingerprint density at radius 2 is 1.57 bits per heavy atom. The van der Waals surface area contributed by atoms with Crippen molar-refractivity contribution in [2.75, 3.05) is 6.54 Å². The molecule has 0 aliphatic heterocycles. The summed E-state index contributed by atoms with van der Waals surface area (Å²) in [5.74, 6) is 0. The maximum atomic E-state index is 12.3. The number of hydrogen-bond donors (Lipinski definition) is 0. The highest BCUT2D eigenvalue weighted by Crippen LogP contribution is 2.18. The lowest BCUT2D eigenvalue weighted by Crippen LogP contribution is -2.50. The third-order valence-corrected chi connectivity index (χ3v) is 2.27. The average Bonchev–Trinajstić information content (AvgIpc) is 2.31. The minimum Gasteiger partial charge on any atom is -0.443 e. The minimum atomic E-state index is -0.979. The number of aldehydes is 1. The van der Waals surface area contributed by atoms with Crippen LogP contribution in [0, 0.1) is 0 Å². The number of ether oxygens (including phenoxy) is 2. The molecule has 0 unspecified atom stereocenters. The smallest absolute Gasteiger partial charge is 0.420 e. The summed E-state index contributed by atoms with van der Waals surface area (Å²) in [4.78, 5) is 38.7. The van der Waals surface area contributed by atoms with Gasteiger partial charge in [-0.15, -0.1) is 0 Å². The van der Waals surface area contributed by atoms with Crippen LogP contribution in [0.15, 0.2) is 5.11 Å². The number of azide groups is 1. The van der Waals surface area contributed by atoms with Gasteiger partial charge in [0.2, 0.25) is 0 Å². The molecular weight excluding hydrogens is 304 g/mol. The molecule has 0 saturated heterocycles. The fraction of sp³-hybridized carbons (Fsp3) is 0.786. The summed E-state index contributed by atoms with van der Waals surface area (Å²) < 4.78 is 10.4. The highest BCUT2D eigenvalue weighted by Gasteiger charge is 2.36. The molecule has 2 amide bonds. The molecule has 0 spiro atoms. The monoisotopic (exact) mass is 328 g/mol. The Balaban J connectivity index is 5.55. The summed E-state index contributed by atoms with van der Waals surface area (Å²) in [5, 5.41) is 3.33. The van der Waals surface area contributed by atoms with Crippen LogP contribution in [-0.2, 0) is 14.3 Å². The molecular formula is C14H24N4O5. The van der Waals surface area contributed by atoms with E-state index in [0.29, 0.717) is 11.2 Å². The number of nitrogens with zero attached hydrogens (tertiary/aromatic N) is 4. The SMILES string of the molecule is CC(C)(C)OC(=O)N(C(=O)OC(C)(C)C)[C@@H](CC=O)CN=[N+]=[N-]. The summed E-state index contributed by atoms with van der Waals surface area (Å²) in [6.07, 6.45) is -1.60. The summed E-state index contributed by atoms with van der Waals surface area (Å²) >= 11 is 0. The van der Waals surface area contributed by atoms with Crippen molar-refractivity contribution >= 4 is 18.5 Å². The fourth-order valence-corrected chi connectivity index (χ4v) is 1.50. The quantitative estimate of drug-likeness (QED) is 0.331. The van der Waals surface area contributed by atoms with Gasteiger partial charge in [-0.1, -0.05) is 5.11 Å². The Hall–Kier alpha value is -2.28. The standard InChI is InChI=1S/C14H24N4O5/c1-13(2,3)22-11(20)18(12(21)23-14(4,5)6)10(7-8-19)9-16-17-15/h8,10H,7,9H2,1-6H3/t10-/m0/s1. The zero-order chi connectivity index (χ0) is 18.3. The number of rotatable bonds is 5. The summed E-state index contributed by atoms with van der Waals surface area (Å²) in [6.45, 7) is 9.58. The van der Waals surface area contributed by atoms with Crippen LogP contribution in [-0.4, -0.2) is 47.2 Å². The minimum absolute atomic E-state index is 0.197. The predicted octanol–water partition coefficient (Wildman–Crippen LogP) is 3.43. The number of carbonyl (C=O) groups is 3. The van der Waals surface area contributed by atoms with E-state index in [0.717, 1.165) is 0 Å². The van der Waals surface area contributed by atoms with Crippen LogP contribution in [0.4, 0.5) is 9.59 Å². The number of carbonyl (C=O) groups excluding carboxylic acids is 3. The highest BCUT2D eigenvalue weighted by molar-refractivity contribution is 5.89. The van der Waals surface area contributed by atoms with Crippen LogP contribution in [0.5, 0.6) is 0 Å². The van der Waals surface area contributed by atoms with Gasteiger partial charge < -0.3 is 14.3 Å². The Bertz CT molecular complexity index is 458. The van der Waals surface area contributed by atoms with E-state index in [1.54, 1.807) is 41.5 Å². The van der Waals surface area contributed by atoms with Crippen molar-refractivity contribution in [1.29, 1.82) is 0 Å². The molecule has 1 atom stereocenters. The van der Waals surface area contributed by atoms with Gasteiger partial charge >= 0.3 is 12.2 Å². The van der Waals surface area contributed by atoms with Crippen LogP contribution in [0.3, 0.4) is 0 Å². The molecule has 0 aromatic heterocycles. The van der Waals surface area contributed by atoms with Gasteiger partial charge in [-0.25, -0.2) is 14.5 Å². The number of hydrogen-bond acceptors (Lipinski definition) is 6. The Kier molecular flexibility index (Phi) is 7.55. The molecule has 0 fully saturated rings. The maximum absolute atomic E-state index is 12.3. The first kappa shape index (κ1) is 20.7. The van der Waals surface area contributed by atoms with Crippen LogP contribution >= 0.6 is 0 Å². The summed E-state index contributed by atoms with van der Waals surface area (Å²) in [6, 6.07) is -0.979. The normalized spacial score (nSPS) is 12.6. The molecule has 9 nitrogen and oxygen atoms in total. The van der Waals surface area contributed by atoms with Crippen molar-refractivity contribution in [3.63, 3.8) is 0 Å². The summed E-state index contributed by atoms with van der Waals surface area (Å²) in [5.41, 5.74) is 6.74. The molecule has 0 heterocycles. The lowest BCUT2D eigenvalue weighted by molar-refractivity contribution is -0.108. The van der Waals surface area contributed by atoms with Crippen LogP contribution in [0.1, 0.15) is 48.0 Å². The van der Waals surface area contributed by atoms with E-state index in [1.807, 2.05) is 0 Å². The van der Waals surface area contributed by atoms with Gasteiger partial charge in [0.15, 0.2) is 0 Å². The molecule has 9 heteroatoms. The second-order valence-corrected chi connectivity index (χ2v) is 6.80. The van der Waals surface area contributed by atoms with Gasteiger partial charge in [0.1, 0.15) is 17.5 Å². The molecule has 23 heavy (non-hydrogen) atoms. The Labute approximate surface area is 135 Å². The molecule has 0 radical (unpaired) electrons. The highest BCUT2D eigenvalue weighted by atomic mass is 16.6. The average molecular weight is 328 g/mol. The topological polar surface area (TPSA) is 122 Å². The fourth-order valence-electron chi connectivity index (χ4n) is 1.50. The molecule has 0 saturated carbocycles. The second-order valence-electron chi connectivity index (χ2n) is 6.80. The molecule has 0 aromatic carbocycles. The molecule has 0 aliphatic rings. The van der Waals surface area contributed by atoms with Gasteiger partial charge in [0, 0.05) is 17.9 Å². The molecule has 0 rings (SSSR count). The van der Waals surface area contributed by atoms with Gasteiger partial charge in [0.25, 0.3) is 0 Å². The third-order valence-electron chi connectivity index (χ3n) is 2.27. The predicted molar refractivity (Wildman–Crippen MR) is 82.8 cm³/mol.